The molecule has 2 aromatic rings. The standard InChI is InChI=1S/C15H15F2NO.C4H4O4/c16-13-5-1-11(2-6-13)15(19-10-9-18)12-3-7-14(17)8-4-12;5-3(6)1-2-4(7)8/h1-8,15H,9-10,18H2;1-2H,(H,5,6)(H,7,8). The first-order chi connectivity index (χ1) is 12.8. The van der Waals surface area contributed by atoms with Gasteiger partial charge < -0.3 is 20.7 Å². The predicted octanol–water partition coefficient (Wildman–Crippen LogP) is 2.74. The summed E-state index contributed by atoms with van der Waals surface area (Å²) in [6.45, 7) is 0.762. The maximum atomic E-state index is 12.9. The Hall–Kier alpha value is -3.10. The van der Waals surface area contributed by atoms with E-state index in [4.69, 9.17) is 20.7 Å². The molecule has 8 heteroatoms. The van der Waals surface area contributed by atoms with E-state index in [0.717, 1.165) is 11.1 Å². The molecular formula is C19H19F2NO5. The zero-order valence-electron chi connectivity index (χ0n) is 14.2. The van der Waals surface area contributed by atoms with Crippen LogP contribution in [0.1, 0.15) is 17.2 Å². The van der Waals surface area contributed by atoms with Crippen LogP contribution in [0.2, 0.25) is 0 Å². The number of ether oxygens (including phenoxy) is 1. The lowest BCUT2D eigenvalue weighted by atomic mass is 10.0. The molecule has 0 saturated carbocycles. The second kappa shape index (κ2) is 11.5. The van der Waals surface area contributed by atoms with Crippen molar-refractivity contribution in [3.8, 4) is 0 Å². The van der Waals surface area contributed by atoms with Gasteiger partial charge in [-0.25, -0.2) is 18.4 Å². The largest absolute Gasteiger partial charge is 0.478 e. The topological polar surface area (TPSA) is 110 Å². The molecule has 0 fully saturated rings. The van der Waals surface area contributed by atoms with Crippen molar-refractivity contribution in [2.24, 2.45) is 5.73 Å². The minimum Gasteiger partial charge on any atom is -0.478 e. The molecule has 0 bridgehead atoms. The van der Waals surface area contributed by atoms with Gasteiger partial charge in [0.1, 0.15) is 17.7 Å². The molecule has 0 aliphatic carbocycles. The third-order valence-corrected chi connectivity index (χ3v) is 3.12. The van der Waals surface area contributed by atoms with Gasteiger partial charge in [-0.1, -0.05) is 24.3 Å². The number of aliphatic carboxylic acids is 2. The van der Waals surface area contributed by atoms with Gasteiger partial charge in [0.2, 0.25) is 0 Å². The Morgan fingerprint density at radius 2 is 1.26 bits per heavy atom. The van der Waals surface area contributed by atoms with Crippen LogP contribution in [0.5, 0.6) is 0 Å². The van der Waals surface area contributed by atoms with Gasteiger partial charge in [0.15, 0.2) is 0 Å². The van der Waals surface area contributed by atoms with Crippen LogP contribution in [-0.4, -0.2) is 35.3 Å². The Bertz CT molecular complexity index is 699. The van der Waals surface area contributed by atoms with E-state index < -0.39 is 11.9 Å². The van der Waals surface area contributed by atoms with Crippen molar-refractivity contribution in [2.75, 3.05) is 13.2 Å². The molecule has 144 valence electrons. The van der Waals surface area contributed by atoms with Crippen molar-refractivity contribution < 1.29 is 33.3 Å². The highest BCUT2D eigenvalue weighted by molar-refractivity contribution is 5.89. The molecule has 0 aromatic heterocycles. The number of hydrogen-bond acceptors (Lipinski definition) is 4. The summed E-state index contributed by atoms with van der Waals surface area (Å²) in [5.41, 5.74) is 7.05. The Morgan fingerprint density at radius 3 is 1.56 bits per heavy atom. The van der Waals surface area contributed by atoms with E-state index in [-0.39, 0.29) is 17.7 Å². The van der Waals surface area contributed by atoms with E-state index in [2.05, 4.69) is 0 Å². The molecule has 0 unspecified atom stereocenters. The van der Waals surface area contributed by atoms with Gasteiger partial charge in [-0.3, -0.25) is 0 Å². The summed E-state index contributed by atoms with van der Waals surface area (Å²) in [6, 6.07) is 12.1. The van der Waals surface area contributed by atoms with Crippen LogP contribution in [0.15, 0.2) is 60.7 Å². The molecule has 0 aliphatic heterocycles. The summed E-state index contributed by atoms with van der Waals surface area (Å²) < 4.78 is 31.6. The van der Waals surface area contributed by atoms with Crippen LogP contribution >= 0.6 is 0 Å². The first-order valence-corrected chi connectivity index (χ1v) is 7.80. The van der Waals surface area contributed by atoms with Gasteiger partial charge >= 0.3 is 11.9 Å². The van der Waals surface area contributed by atoms with Crippen molar-refractivity contribution in [1.29, 1.82) is 0 Å². The molecule has 2 aromatic carbocycles. The lowest BCUT2D eigenvalue weighted by Crippen LogP contribution is -2.13. The monoisotopic (exact) mass is 379 g/mol. The number of carboxylic acid groups (broad SMARTS) is 2. The molecule has 6 nitrogen and oxygen atoms in total. The lowest BCUT2D eigenvalue weighted by Gasteiger charge is -2.18. The van der Waals surface area contributed by atoms with E-state index in [0.29, 0.717) is 25.3 Å². The van der Waals surface area contributed by atoms with E-state index in [9.17, 15) is 18.4 Å². The predicted molar refractivity (Wildman–Crippen MR) is 94.1 cm³/mol. The molecule has 27 heavy (non-hydrogen) atoms. The van der Waals surface area contributed by atoms with Crippen LogP contribution < -0.4 is 5.73 Å². The highest BCUT2D eigenvalue weighted by Crippen LogP contribution is 2.26. The highest BCUT2D eigenvalue weighted by Gasteiger charge is 2.14. The maximum absolute atomic E-state index is 12.9. The van der Waals surface area contributed by atoms with Crippen LogP contribution in [-0.2, 0) is 14.3 Å². The van der Waals surface area contributed by atoms with Crippen molar-refractivity contribution in [3.63, 3.8) is 0 Å². The minimum absolute atomic E-state index is 0.305. The van der Waals surface area contributed by atoms with Crippen LogP contribution in [0.25, 0.3) is 0 Å². The van der Waals surface area contributed by atoms with Crippen molar-refractivity contribution in [3.05, 3.63) is 83.4 Å². The van der Waals surface area contributed by atoms with Gasteiger partial charge in [-0.2, -0.15) is 0 Å². The van der Waals surface area contributed by atoms with Gasteiger partial charge in [0, 0.05) is 18.7 Å². The molecule has 0 spiro atoms. The molecule has 0 aliphatic rings. The van der Waals surface area contributed by atoms with Crippen molar-refractivity contribution in [1.82, 2.24) is 0 Å². The van der Waals surface area contributed by atoms with Crippen LogP contribution in [0.3, 0.4) is 0 Å². The summed E-state index contributed by atoms with van der Waals surface area (Å²) >= 11 is 0. The molecular weight excluding hydrogens is 360 g/mol. The SMILES string of the molecule is NCCOC(c1ccc(F)cc1)c1ccc(F)cc1.O=C(O)C=CC(=O)O. The Kier molecular flexibility index (Phi) is 9.35. The van der Waals surface area contributed by atoms with E-state index in [1.165, 1.54) is 24.3 Å². The Labute approximate surface area is 154 Å². The number of rotatable bonds is 7. The van der Waals surface area contributed by atoms with Crippen molar-refractivity contribution in [2.45, 2.75) is 6.10 Å². The first-order valence-electron chi connectivity index (χ1n) is 7.80. The van der Waals surface area contributed by atoms with Gasteiger partial charge in [-0.05, 0) is 35.4 Å². The molecule has 0 amide bonds. The van der Waals surface area contributed by atoms with Crippen molar-refractivity contribution >= 4 is 11.9 Å². The zero-order valence-corrected chi connectivity index (χ0v) is 14.2. The Balaban J connectivity index is 0.000000387. The summed E-state index contributed by atoms with van der Waals surface area (Å²) in [6.07, 6.45) is 0.745. The smallest absolute Gasteiger partial charge is 0.328 e. The summed E-state index contributed by atoms with van der Waals surface area (Å²) in [4.78, 5) is 19.1. The quantitative estimate of drug-likeness (QED) is 0.638. The molecule has 0 atom stereocenters. The third kappa shape index (κ3) is 8.70. The Morgan fingerprint density at radius 1 is 0.889 bits per heavy atom. The fraction of sp³-hybridized carbons (Fsp3) is 0.158. The van der Waals surface area contributed by atoms with Crippen LogP contribution in [0.4, 0.5) is 8.78 Å². The molecule has 2 rings (SSSR count). The average molecular weight is 379 g/mol. The fourth-order valence-corrected chi connectivity index (χ4v) is 1.99. The molecule has 0 heterocycles. The number of benzene rings is 2. The fourth-order valence-electron chi connectivity index (χ4n) is 1.99. The molecule has 0 saturated heterocycles. The van der Waals surface area contributed by atoms with E-state index in [1.807, 2.05) is 0 Å². The first kappa shape index (κ1) is 21.9. The third-order valence-electron chi connectivity index (χ3n) is 3.12. The number of carbonyl (C=O) groups is 2. The average Bonchev–Trinajstić information content (AvgIpc) is 2.63. The number of hydrogen-bond donors (Lipinski definition) is 3. The van der Waals surface area contributed by atoms with E-state index in [1.54, 1.807) is 24.3 Å². The number of carboxylic acids is 2. The van der Waals surface area contributed by atoms with Gasteiger partial charge in [0.25, 0.3) is 0 Å². The van der Waals surface area contributed by atoms with Crippen LogP contribution in [0, 0.1) is 11.6 Å². The lowest BCUT2D eigenvalue weighted by molar-refractivity contribution is -0.134. The number of nitrogens with two attached hydrogens (primary N) is 1. The van der Waals surface area contributed by atoms with Gasteiger partial charge in [0.05, 0.1) is 6.61 Å². The second-order valence-electron chi connectivity index (χ2n) is 5.15. The summed E-state index contributed by atoms with van der Waals surface area (Å²) in [5, 5.41) is 15.6. The second-order valence-corrected chi connectivity index (χ2v) is 5.15. The molecule has 4 N–H and O–H groups in total. The molecule has 0 radical (unpaired) electrons. The highest BCUT2D eigenvalue weighted by atomic mass is 19.1. The minimum atomic E-state index is -1.26. The van der Waals surface area contributed by atoms with Gasteiger partial charge in [-0.15, -0.1) is 0 Å². The summed E-state index contributed by atoms with van der Waals surface area (Å²) in [7, 11) is 0. The maximum Gasteiger partial charge on any atom is 0.328 e. The number of halogens is 2. The zero-order chi connectivity index (χ0) is 20.2. The summed E-state index contributed by atoms with van der Waals surface area (Å²) in [5.74, 6) is -3.12. The normalized spacial score (nSPS) is 10.5. The van der Waals surface area contributed by atoms with E-state index >= 15 is 0 Å².